The third-order valence-corrected chi connectivity index (χ3v) is 7.60. The van der Waals surface area contributed by atoms with E-state index in [9.17, 15) is 14.9 Å². The maximum absolute atomic E-state index is 13.5. The summed E-state index contributed by atoms with van der Waals surface area (Å²) in [5.74, 6) is 0.287. The van der Waals surface area contributed by atoms with Crippen LogP contribution in [0.2, 0.25) is 0 Å². The minimum absolute atomic E-state index is 0.128. The molecule has 1 amide bonds. The van der Waals surface area contributed by atoms with Crippen molar-refractivity contribution in [3.63, 3.8) is 0 Å². The second-order valence-electron chi connectivity index (χ2n) is 8.39. The van der Waals surface area contributed by atoms with Gasteiger partial charge in [0.05, 0.1) is 24.1 Å². The monoisotopic (exact) mass is 501 g/mol. The van der Waals surface area contributed by atoms with Gasteiger partial charge in [-0.05, 0) is 59.5 Å². The lowest BCUT2D eigenvalue weighted by Gasteiger charge is -2.32. The van der Waals surface area contributed by atoms with Crippen molar-refractivity contribution in [1.82, 2.24) is 4.90 Å². The molecule has 3 aliphatic rings. The van der Waals surface area contributed by atoms with Crippen LogP contribution in [-0.4, -0.2) is 48.1 Å². The highest BCUT2D eigenvalue weighted by molar-refractivity contribution is 9.10. The fourth-order valence-corrected chi connectivity index (χ4v) is 6.64. The van der Waals surface area contributed by atoms with Gasteiger partial charge in [0.25, 0.3) is 11.9 Å². The SMILES string of the molecule is CCOc1cc([C@H]2[C@H]([N+](=O)[O-])[C@@]3(C(=O)Nc4ccccc43)N3CCC[C@@H]23)cc(Br)c1OC. The third kappa shape index (κ3) is 2.73. The van der Waals surface area contributed by atoms with E-state index >= 15 is 0 Å². The highest BCUT2D eigenvalue weighted by Gasteiger charge is 2.73. The van der Waals surface area contributed by atoms with Gasteiger partial charge in [-0.3, -0.25) is 19.8 Å². The summed E-state index contributed by atoms with van der Waals surface area (Å²) in [6, 6.07) is 9.78. The van der Waals surface area contributed by atoms with Gasteiger partial charge in [-0.1, -0.05) is 18.2 Å². The quantitative estimate of drug-likeness (QED) is 0.492. The van der Waals surface area contributed by atoms with Crippen LogP contribution in [0.1, 0.15) is 36.8 Å². The molecule has 9 heteroatoms. The lowest BCUT2D eigenvalue weighted by Crippen LogP contribution is -2.55. The van der Waals surface area contributed by atoms with Crippen molar-refractivity contribution in [2.75, 3.05) is 25.6 Å². The Morgan fingerprint density at radius 2 is 2.12 bits per heavy atom. The molecule has 1 spiro atoms. The molecule has 4 atom stereocenters. The topological polar surface area (TPSA) is 93.9 Å². The van der Waals surface area contributed by atoms with Crippen LogP contribution in [0.5, 0.6) is 11.5 Å². The maximum atomic E-state index is 13.5. The summed E-state index contributed by atoms with van der Waals surface area (Å²) in [4.78, 5) is 28.0. The average molecular weight is 502 g/mol. The maximum Gasteiger partial charge on any atom is 0.256 e. The normalized spacial score (nSPS) is 28.5. The second kappa shape index (κ2) is 7.74. The number of amides is 1. The molecule has 5 rings (SSSR count). The molecular weight excluding hydrogens is 478 g/mol. The van der Waals surface area contributed by atoms with Gasteiger partial charge in [0.2, 0.25) is 0 Å². The molecule has 8 nitrogen and oxygen atoms in total. The number of hydrogen-bond acceptors (Lipinski definition) is 6. The number of halogens is 1. The third-order valence-electron chi connectivity index (χ3n) is 7.01. The average Bonchev–Trinajstić information content (AvgIpc) is 3.41. The van der Waals surface area contributed by atoms with Crippen LogP contribution < -0.4 is 14.8 Å². The van der Waals surface area contributed by atoms with Gasteiger partial charge in [-0.25, -0.2) is 0 Å². The predicted molar refractivity (Wildman–Crippen MR) is 122 cm³/mol. The van der Waals surface area contributed by atoms with E-state index in [1.165, 1.54) is 0 Å². The van der Waals surface area contributed by atoms with Crippen LogP contribution in [0.4, 0.5) is 5.69 Å². The van der Waals surface area contributed by atoms with Crippen molar-refractivity contribution in [3.05, 3.63) is 62.1 Å². The molecule has 0 unspecified atom stereocenters. The summed E-state index contributed by atoms with van der Waals surface area (Å²) in [7, 11) is 1.56. The van der Waals surface area contributed by atoms with E-state index in [2.05, 4.69) is 26.1 Å². The van der Waals surface area contributed by atoms with Crippen molar-refractivity contribution in [2.24, 2.45) is 0 Å². The first kappa shape index (κ1) is 21.2. The molecule has 3 heterocycles. The Balaban J connectivity index is 1.73. The summed E-state index contributed by atoms with van der Waals surface area (Å²) in [6.07, 6.45) is 1.68. The Kier molecular flexibility index (Phi) is 5.13. The Labute approximate surface area is 194 Å². The van der Waals surface area contributed by atoms with Crippen LogP contribution in [0.15, 0.2) is 40.9 Å². The number of carbonyl (C=O) groups is 1. The number of anilines is 1. The molecule has 2 saturated heterocycles. The number of rotatable bonds is 5. The summed E-state index contributed by atoms with van der Waals surface area (Å²) >= 11 is 3.55. The lowest BCUT2D eigenvalue weighted by molar-refractivity contribution is -0.534. The van der Waals surface area contributed by atoms with Gasteiger partial charge < -0.3 is 14.8 Å². The summed E-state index contributed by atoms with van der Waals surface area (Å²) in [5.41, 5.74) is 0.790. The van der Waals surface area contributed by atoms with Gasteiger partial charge in [0, 0.05) is 28.8 Å². The first-order valence-electron chi connectivity index (χ1n) is 10.8. The number of methoxy groups -OCH3 is 1. The molecule has 3 aliphatic heterocycles. The number of nitrogens with zero attached hydrogens (tertiary/aromatic N) is 2. The second-order valence-corrected chi connectivity index (χ2v) is 9.25. The Hall–Kier alpha value is -2.65. The molecule has 2 aromatic rings. The molecule has 0 aromatic heterocycles. The van der Waals surface area contributed by atoms with Gasteiger partial charge >= 0.3 is 0 Å². The van der Waals surface area contributed by atoms with Crippen LogP contribution in [0.25, 0.3) is 0 Å². The number of ether oxygens (including phenoxy) is 2. The predicted octanol–water partition coefficient (Wildman–Crippen LogP) is 3.91. The molecule has 0 aliphatic carbocycles. The van der Waals surface area contributed by atoms with Crippen molar-refractivity contribution < 1.29 is 19.2 Å². The minimum atomic E-state index is -1.33. The largest absolute Gasteiger partial charge is 0.492 e. The summed E-state index contributed by atoms with van der Waals surface area (Å²) in [6.45, 7) is 2.96. The van der Waals surface area contributed by atoms with E-state index in [0.29, 0.717) is 40.4 Å². The van der Waals surface area contributed by atoms with Crippen LogP contribution in [0.3, 0.4) is 0 Å². The van der Waals surface area contributed by atoms with Crippen molar-refractivity contribution in [3.8, 4) is 11.5 Å². The number of carbonyl (C=O) groups excluding carboxylic acids is 1. The smallest absolute Gasteiger partial charge is 0.256 e. The number of benzene rings is 2. The zero-order chi connectivity index (χ0) is 22.6. The molecular formula is C23H24BrN3O5. The summed E-state index contributed by atoms with van der Waals surface area (Å²) in [5, 5.41) is 15.6. The Morgan fingerprint density at radius 3 is 2.84 bits per heavy atom. The first-order chi connectivity index (χ1) is 15.4. The molecule has 1 N–H and O–H groups in total. The highest BCUT2D eigenvalue weighted by atomic mass is 79.9. The van der Waals surface area contributed by atoms with Crippen molar-refractivity contribution in [2.45, 2.75) is 43.3 Å². The van der Waals surface area contributed by atoms with Crippen LogP contribution >= 0.6 is 15.9 Å². The summed E-state index contributed by atoms with van der Waals surface area (Å²) < 4.78 is 11.9. The van der Waals surface area contributed by atoms with E-state index in [4.69, 9.17) is 9.47 Å². The standard InChI is InChI=1S/C23H24BrN3O5/c1-3-32-18-12-13(11-15(24)20(18)31-2)19-17-9-6-10-26(17)23(21(19)27(29)30)14-7-4-5-8-16(14)25-22(23)28/h4-5,7-8,11-12,17,19,21H,3,6,9-10H2,1-2H3,(H,25,28)/t17-,19+,21-,23-/m0/s1. The van der Waals surface area contributed by atoms with Gasteiger partial charge in [0.15, 0.2) is 17.0 Å². The van der Waals surface area contributed by atoms with E-state index in [-0.39, 0.29) is 16.9 Å². The van der Waals surface area contributed by atoms with E-state index in [0.717, 1.165) is 18.4 Å². The van der Waals surface area contributed by atoms with Gasteiger partial charge in [0.1, 0.15) is 0 Å². The van der Waals surface area contributed by atoms with Crippen molar-refractivity contribution >= 4 is 27.5 Å². The molecule has 2 aromatic carbocycles. The number of nitro groups is 1. The molecule has 0 saturated carbocycles. The molecule has 168 valence electrons. The minimum Gasteiger partial charge on any atom is -0.492 e. The number of para-hydroxylation sites is 1. The number of fused-ring (bicyclic) bond motifs is 4. The van der Waals surface area contributed by atoms with Crippen molar-refractivity contribution in [1.29, 1.82) is 0 Å². The number of hydrogen-bond donors (Lipinski definition) is 1. The van der Waals surface area contributed by atoms with Crippen LogP contribution in [-0.2, 0) is 10.3 Å². The molecule has 32 heavy (non-hydrogen) atoms. The van der Waals surface area contributed by atoms with E-state index in [1.54, 1.807) is 7.11 Å². The number of nitrogens with one attached hydrogen (secondary N) is 1. The van der Waals surface area contributed by atoms with Gasteiger partial charge in [-0.2, -0.15) is 0 Å². The molecule has 0 radical (unpaired) electrons. The lowest BCUT2D eigenvalue weighted by atomic mass is 9.77. The highest BCUT2D eigenvalue weighted by Crippen LogP contribution is 2.58. The van der Waals surface area contributed by atoms with E-state index < -0.39 is 17.5 Å². The van der Waals surface area contributed by atoms with Gasteiger partial charge in [-0.15, -0.1) is 0 Å². The molecule has 0 bridgehead atoms. The fourth-order valence-electron chi connectivity index (χ4n) is 6.02. The Morgan fingerprint density at radius 1 is 1.34 bits per heavy atom. The first-order valence-corrected chi connectivity index (χ1v) is 11.6. The zero-order valence-corrected chi connectivity index (χ0v) is 19.4. The molecule has 2 fully saturated rings. The van der Waals surface area contributed by atoms with E-state index in [1.807, 2.05) is 43.3 Å². The fraction of sp³-hybridized carbons (Fsp3) is 0.435. The zero-order valence-electron chi connectivity index (χ0n) is 17.8. The Bertz CT molecular complexity index is 1110. The van der Waals surface area contributed by atoms with Crippen LogP contribution in [0, 0.1) is 10.1 Å².